The van der Waals surface area contributed by atoms with Crippen molar-refractivity contribution in [2.45, 2.75) is 25.2 Å². The monoisotopic (exact) mass is 193 g/mol. The number of aromatic nitrogens is 1. The Morgan fingerprint density at radius 3 is 2.86 bits per heavy atom. The van der Waals surface area contributed by atoms with Crippen molar-refractivity contribution in [2.75, 3.05) is 0 Å². The van der Waals surface area contributed by atoms with Gasteiger partial charge in [-0.25, -0.2) is 0 Å². The molecule has 1 aliphatic rings. The highest BCUT2D eigenvalue weighted by Crippen LogP contribution is 2.44. The van der Waals surface area contributed by atoms with Gasteiger partial charge in [0.05, 0.1) is 6.42 Å². The predicted octanol–water partition coefficient (Wildman–Crippen LogP) is 1.99. The summed E-state index contributed by atoms with van der Waals surface area (Å²) in [6.45, 7) is 0. The first-order chi connectivity index (χ1) is 6.66. The molecule has 0 aliphatic heterocycles. The molecule has 0 bridgehead atoms. The first-order valence-electron chi connectivity index (χ1n) is 5.00. The molecule has 3 nitrogen and oxygen atoms in total. The zero-order valence-corrected chi connectivity index (χ0v) is 8.31. The van der Waals surface area contributed by atoms with Crippen LogP contribution in [0.3, 0.4) is 0 Å². The second-order valence-electron chi connectivity index (χ2n) is 4.15. The molecule has 1 heterocycles. The van der Waals surface area contributed by atoms with Crippen LogP contribution in [0.25, 0.3) is 0 Å². The highest BCUT2D eigenvalue weighted by atomic mass is 16.4. The standard InChI is InChI=1S/C11H15NO2/c1-12-5-4-9(7-12)10(6-11(13)14)8-2-3-8/h4-5,7-8,10H,2-3,6H2,1H3,(H,13,14). The third-order valence-electron chi connectivity index (χ3n) is 2.87. The summed E-state index contributed by atoms with van der Waals surface area (Å²) >= 11 is 0. The average Bonchev–Trinajstić information content (AvgIpc) is 2.85. The van der Waals surface area contributed by atoms with Gasteiger partial charge in [-0.2, -0.15) is 0 Å². The molecule has 1 saturated carbocycles. The first-order valence-corrected chi connectivity index (χ1v) is 5.00. The number of carboxylic acid groups (broad SMARTS) is 1. The lowest BCUT2D eigenvalue weighted by Gasteiger charge is -2.11. The Morgan fingerprint density at radius 2 is 2.43 bits per heavy atom. The molecule has 3 heteroatoms. The molecule has 0 radical (unpaired) electrons. The first kappa shape index (κ1) is 9.31. The summed E-state index contributed by atoms with van der Waals surface area (Å²) in [6, 6.07) is 2.03. The molecule has 0 amide bonds. The van der Waals surface area contributed by atoms with Crippen molar-refractivity contribution in [1.82, 2.24) is 4.57 Å². The summed E-state index contributed by atoms with van der Waals surface area (Å²) in [7, 11) is 1.97. The lowest BCUT2D eigenvalue weighted by Crippen LogP contribution is -2.07. The Morgan fingerprint density at radius 1 is 1.71 bits per heavy atom. The molecular weight excluding hydrogens is 178 g/mol. The maximum Gasteiger partial charge on any atom is 0.303 e. The van der Waals surface area contributed by atoms with Crippen LogP contribution in [-0.4, -0.2) is 15.6 Å². The fraction of sp³-hybridized carbons (Fsp3) is 0.545. The van der Waals surface area contributed by atoms with E-state index in [9.17, 15) is 4.79 Å². The number of hydrogen-bond acceptors (Lipinski definition) is 1. The van der Waals surface area contributed by atoms with Gasteiger partial charge in [-0.3, -0.25) is 4.79 Å². The molecule has 1 atom stereocenters. The summed E-state index contributed by atoms with van der Waals surface area (Å²) in [5.74, 6) is 0.146. The van der Waals surface area contributed by atoms with Crippen molar-refractivity contribution in [1.29, 1.82) is 0 Å². The van der Waals surface area contributed by atoms with Crippen LogP contribution in [0.15, 0.2) is 18.5 Å². The van der Waals surface area contributed by atoms with Crippen molar-refractivity contribution in [3.05, 3.63) is 24.0 Å². The van der Waals surface area contributed by atoms with Gasteiger partial charge in [-0.15, -0.1) is 0 Å². The Bertz CT molecular complexity index is 339. The highest BCUT2D eigenvalue weighted by molar-refractivity contribution is 5.68. The van der Waals surface area contributed by atoms with Crippen LogP contribution in [-0.2, 0) is 11.8 Å². The van der Waals surface area contributed by atoms with E-state index in [-0.39, 0.29) is 12.3 Å². The van der Waals surface area contributed by atoms with Crippen LogP contribution in [0.2, 0.25) is 0 Å². The fourth-order valence-corrected chi connectivity index (χ4v) is 1.99. The van der Waals surface area contributed by atoms with E-state index in [1.54, 1.807) is 0 Å². The Balaban J connectivity index is 2.13. The second-order valence-corrected chi connectivity index (χ2v) is 4.15. The zero-order valence-electron chi connectivity index (χ0n) is 8.31. The van der Waals surface area contributed by atoms with Gasteiger partial charge in [0, 0.05) is 19.4 Å². The third-order valence-corrected chi connectivity index (χ3v) is 2.87. The number of carboxylic acids is 1. The summed E-state index contributed by atoms with van der Waals surface area (Å²) < 4.78 is 1.98. The van der Waals surface area contributed by atoms with Crippen molar-refractivity contribution in [2.24, 2.45) is 13.0 Å². The molecule has 14 heavy (non-hydrogen) atoms. The normalized spacial score (nSPS) is 18.1. The Kier molecular flexibility index (Phi) is 2.32. The minimum Gasteiger partial charge on any atom is -0.481 e. The summed E-state index contributed by atoms with van der Waals surface area (Å²) in [5, 5.41) is 8.82. The molecule has 76 valence electrons. The SMILES string of the molecule is Cn1ccc(C(CC(=O)O)C2CC2)c1. The van der Waals surface area contributed by atoms with E-state index >= 15 is 0 Å². The van der Waals surface area contributed by atoms with Crippen LogP contribution < -0.4 is 0 Å². The van der Waals surface area contributed by atoms with Crippen molar-refractivity contribution in [3.63, 3.8) is 0 Å². The highest BCUT2D eigenvalue weighted by Gasteiger charge is 2.33. The lowest BCUT2D eigenvalue weighted by atomic mass is 9.93. The van der Waals surface area contributed by atoms with Gasteiger partial charge < -0.3 is 9.67 Å². The number of carbonyl (C=O) groups is 1. The van der Waals surface area contributed by atoms with Gasteiger partial charge in [0.15, 0.2) is 0 Å². The third kappa shape index (κ3) is 1.97. The van der Waals surface area contributed by atoms with Crippen LogP contribution >= 0.6 is 0 Å². The maximum absolute atomic E-state index is 10.7. The molecule has 1 aromatic heterocycles. The van der Waals surface area contributed by atoms with E-state index in [4.69, 9.17) is 5.11 Å². The van der Waals surface area contributed by atoms with E-state index in [1.165, 1.54) is 18.4 Å². The zero-order chi connectivity index (χ0) is 10.1. The minimum absolute atomic E-state index is 0.230. The van der Waals surface area contributed by atoms with Gasteiger partial charge in [0.2, 0.25) is 0 Å². The van der Waals surface area contributed by atoms with Gasteiger partial charge in [-0.1, -0.05) is 0 Å². The van der Waals surface area contributed by atoms with Crippen molar-refractivity contribution >= 4 is 5.97 Å². The van der Waals surface area contributed by atoms with E-state index in [0.717, 1.165) is 0 Å². The van der Waals surface area contributed by atoms with E-state index < -0.39 is 5.97 Å². The van der Waals surface area contributed by atoms with Gasteiger partial charge in [0.1, 0.15) is 0 Å². The van der Waals surface area contributed by atoms with E-state index in [2.05, 4.69) is 0 Å². The van der Waals surface area contributed by atoms with Crippen LogP contribution in [0, 0.1) is 5.92 Å². The summed E-state index contributed by atoms with van der Waals surface area (Å²) in [5.41, 5.74) is 1.18. The molecule has 1 N–H and O–H groups in total. The van der Waals surface area contributed by atoms with Gasteiger partial charge in [0.25, 0.3) is 0 Å². The van der Waals surface area contributed by atoms with Crippen molar-refractivity contribution < 1.29 is 9.90 Å². The number of rotatable bonds is 4. The second kappa shape index (κ2) is 3.48. The Hall–Kier alpha value is -1.25. The fourth-order valence-electron chi connectivity index (χ4n) is 1.99. The van der Waals surface area contributed by atoms with Crippen molar-refractivity contribution in [3.8, 4) is 0 Å². The summed E-state index contributed by atoms with van der Waals surface area (Å²) in [6.07, 6.45) is 6.66. The minimum atomic E-state index is -0.689. The molecule has 1 aliphatic carbocycles. The molecule has 0 spiro atoms. The molecule has 1 fully saturated rings. The number of nitrogens with zero attached hydrogens (tertiary/aromatic N) is 1. The molecule has 1 aromatic rings. The van der Waals surface area contributed by atoms with Crippen LogP contribution in [0.4, 0.5) is 0 Å². The largest absolute Gasteiger partial charge is 0.481 e. The summed E-state index contributed by atoms with van der Waals surface area (Å²) in [4.78, 5) is 10.7. The maximum atomic E-state index is 10.7. The predicted molar refractivity (Wildman–Crippen MR) is 53.1 cm³/mol. The molecule has 2 rings (SSSR count). The van der Waals surface area contributed by atoms with Crippen LogP contribution in [0.1, 0.15) is 30.7 Å². The molecule has 0 aromatic carbocycles. The molecule has 0 saturated heterocycles. The lowest BCUT2D eigenvalue weighted by molar-refractivity contribution is -0.137. The van der Waals surface area contributed by atoms with E-state index in [1.807, 2.05) is 30.1 Å². The quantitative estimate of drug-likeness (QED) is 0.794. The van der Waals surface area contributed by atoms with Gasteiger partial charge >= 0.3 is 5.97 Å². The average molecular weight is 193 g/mol. The van der Waals surface area contributed by atoms with Crippen LogP contribution in [0.5, 0.6) is 0 Å². The number of aryl methyl sites for hydroxylation is 1. The van der Waals surface area contributed by atoms with Gasteiger partial charge in [-0.05, 0) is 36.3 Å². The smallest absolute Gasteiger partial charge is 0.303 e. The number of aliphatic carboxylic acids is 1. The molecule has 1 unspecified atom stereocenters. The topological polar surface area (TPSA) is 42.2 Å². The molecular formula is C11H15NO2. The van der Waals surface area contributed by atoms with E-state index in [0.29, 0.717) is 5.92 Å². The Labute approximate surface area is 83.4 Å². The number of hydrogen-bond donors (Lipinski definition) is 1.